The first-order valence-electron chi connectivity index (χ1n) is 11.8. The van der Waals surface area contributed by atoms with Crippen LogP contribution in [-0.2, 0) is 16.2 Å². The third-order valence-corrected chi connectivity index (χ3v) is 7.85. The first kappa shape index (κ1) is 25.6. The van der Waals surface area contributed by atoms with E-state index in [1.165, 1.54) is 17.5 Å². The molecule has 0 saturated carbocycles. The molecule has 0 aromatic heterocycles. The Kier molecular flexibility index (Phi) is 6.89. The Balaban J connectivity index is 1.25. The van der Waals surface area contributed by atoms with Crippen molar-refractivity contribution in [1.29, 1.82) is 0 Å². The van der Waals surface area contributed by atoms with Gasteiger partial charge < -0.3 is 14.2 Å². The first-order chi connectivity index (χ1) is 18.9. The zero-order valence-corrected chi connectivity index (χ0v) is 24.4. The van der Waals surface area contributed by atoms with Gasteiger partial charge in [0.2, 0.25) is 6.79 Å². The van der Waals surface area contributed by atoms with Crippen LogP contribution in [0.25, 0.3) is 16.8 Å². The zero-order valence-electron chi connectivity index (χ0n) is 20.1. The van der Waals surface area contributed by atoms with Gasteiger partial charge in [0.15, 0.2) is 11.5 Å². The summed E-state index contributed by atoms with van der Waals surface area (Å²) < 4.78 is 18.5. The van der Waals surface area contributed by atoms with Crippen LogP contribution in [0.15, 0.2) is 78.4 Å². The van der Waals surface area contributed by atoms with Crippen molar-refractivity contribution < 1.29 is 28.6 Å². The van der Waals surface area contributed by atoms with Gasteiger partial charge in [-0.3, -0.25) is 14.9 Å². The molecule has 0 spiro atoms. The lowest BCUT2D eigenvalue weighted by Crippen LogP contribution is -2.54. The van der Waals surface area contributed by atoms with E-state index in [2.05, 4.69) is 74.8 Å². The molecule has 0 bridgehead atoms. The predicted octanol–water partition coefficient (Wildman–Crippen LogP) is 6.02. The summed E-state index contributed by atoms with van der Waals surface area (Å²) in [5.41, 5.74) is 1.77. The van der Waals surface area contributed by atoms with Crippen LogP contribution in [0.3, 0.4) is 0 Å². The van der Waals surface area contributed by atoms with Crippen molar-refractivity contribution >= 4 is 85.6 Å². The number of imide groups is 2. The third-order valence-electron chi connectivity index (χ3n) is 6.24. The van der Waals surface area contributed by atoms with Crippen LogP contribution < -0.4 is 24.4 Å². The van der Waals surface area contributed by atoms with Gasteiger partial charge >= 0.3 is 6.03 Å². The molecule has 4 amide bonds. The predicted molar refractivity (Wildman–Crippen MR) is 162 cm³/mol. The number of fused-ring (bicyclic) bond motifs is 2. The number of amides is 4. The number of hydrogen-bond acceptors (Lipinski definition) is 6. The highest BCUT2D eigenvalue weighted by molar-refractivity contribution is 14.1. The molecule has 6 rings (SSSR count). The van der Waals surface area contributed by atoms with Gasteiger partial charge in [-0.15, -0.1) is 0 Å². The number of halogens is 2. The Labute approximate surface area is 250 Å². The molecule has 1 N–H and O–H groups in total. The van der Waals surface area contributed by atoms with Crippen LogP contribution in [-0.4, -0.2) is 24.6 Å². The minimum Gasteiger partial charge on any atom is -0.487 e. The van der Waals surface area contributed by atoms with E-state index >= 15 is 0 Å². The van der Waals surface area contributed by atoms with Gasteiger partial charge in [0.1, 0.15) is 17.9 Å². The molecule has 1 fully saturated rings. The number of carbonyl (C=O) groups is 3. The van der Waals surface area contributed by atoms with Crippen LogP contribution in [0, 0.1) is 7.14 Å². The van der Waals surface area contributed by atoms with Crippen LogP contribution in [0.1, 0.15) is 11.1 Å². The number of ether oxygens (including phenoxy) is 3. The van der Waals surface area contributed by atoms with Gasteiger partial charge in [0.25, 0.3) is 11.8 Å². The monoisotopic (exact) mass is 744 g/mol. The average Bonchev–Trinajstić information content (AvgIpc) is 3.38. The summed E-state index contributed by atoms with van der Waals surface area (Å²) in [5, 5.41) is 4.56. The number of anilines is 1. The van der Waals surface area contributed by atoms with E-state index in [0.29, 0.717) is 29.4 Å². The normalized spacial score (nSPS) is 15.7. The lowest BCUT2D eigenvalue weighted by molar-refractivity contribution is -0.122. The lowest BCUT2D eigenvalue weighted by Gasteiger charge is -2.26. The van der Waals surface area contributed by atoms with Crippen molar-refractivity contribution in [3.8, 4) is 17.2 Å². The van der Waals surface area contributed by atoms with E-state index in [9.17, 15) is 14.4 Å². The second-order valence-corrected chi connectivity index (χ2v) is 11.1. The van der Waals surface area contributed by atoms with Crippen molar-refractivity contribution in [2.75, 3.05) is 11.7 Å². The highest BCUT2D eigenvalue weighted by atomic mass is 127. The molecular formula is C29H18I2N2O6. The minimum absolute atomic E-state index is 0.0573. The smallest absolute Gasteiger partial charge is 0.335 e. The third kappa shape index (κ3) is 5.05. The summed E-state index contributed by atoms with van der Waals surface area (Å²) in [5.74, 6) is 0.150. The maximum atomic E-state index is 13.3. The molecule has 8 nitrogen and oxygen atoms in total. The lowest BCUT2D eigenvalue weighted by atomic mass is 10.1. The van der Waals surface area contributed by atoms with E-state index in [4.69, 9.17) is 14.2 Å². The number of barbiturate groups is 1. The van der Waals surface area contributed by atoms with Crippen molar-refractivity contribution in [2.45, 2.75) is 6.61 Å². The van der Waals surface area contributed by atoms with Crippen LogP contribution in [0.4, 0.5) is 10.5 Å². The van der Waals surface area contributed by atoms with E-state index in [-0.39, 0.29) is 18.1 Å². The van der Waals surface area contributed by atoms with E-state index in [1.807, 2.05) is 30.3 Å². The summed E-state index contributed by atoms with van der Waals surface area (Å²) in [7, 11) is 0. The molecule has 2 aliphatic heterocycles. The van der Waals surface area contributed by atoms with Crippen LogP contribution >= 0.6 is 45.2 Å². The molecule has 39 heavy (non-hydrogen) atoms. The molecule has 10 heteroatoms. The fourth-order valence-electron chi connectivity index (χ4n) is 4.37. The number of benzene rings is 4. The average molecular weight is 744 g/mol. The van der Waals surface area contributed by atoms with Crippen molar-refractivity contribution in [3.05, 3.63) is 96.6 Å². The van der Waals surface area contributed by atoms with Crippen LogP contribution in [0.2, 0.25) is 0 Å². The van der Waals surface area contributed by atoms with Gasteiger partial charge in [-0.2, -0.15) is 0 Å². The highest BCUT2D eigenvalue weighted by Gasteiger charge is 2.37. The maximum Gasteiger partial charge on any atom is 0.335 e. The molecule has 0 aliphatic carbocycles. The van der Waals surface area contributed by atoms with Gasteiger partial charge in [-0.05, 0) is 103 Å². The fraction of sp³-hybridized carbons (Fsp3) is 0.0690. The van der Waals surface area contributed by atoms with Gasteiger partial charge in [0.05, 0.1) is 12.8 Å². The summed E-state index contributed by atoms with van der Waals surface area (Å²) in [4.78, 5) is 39.5. The number of rotatable bonds is 5. The fourth-order valence-corrected chi connectivity index (χ4v) is 6.50. The topological polar surface area (TPSA) is 94.2 Å². The van der Waals surface area contributed by atoms with E-state index in [0.717, 1.165) is 23.0 Å². The summed E-state index contributed by atoms with van der Waals surface area (Å²) in [6, 6.07) is 21.9. The number of urea groups is 1. The summed E-state index contributed by atoms with van der Waals surface area (Å²) in [6.45, 7) is 0.451. The Bertz CT molecular complexity index is 1690. The van der Waals surface area contributed by atoms with E-state index in [1.54, 1.807) is 12.1 Å². The molecule has 2 aliphatic rings. The van der Waals surface area contributed by atoms with Gasteiger partial charge in [0, 0.05) is 6.07 Å². The van der Waals surface area contributed by atoms with Crippen molar-refractivity contribution in [1.82, 2.24) is 5.32 Å². The molecule has 1 saturated heterocycles. The molecule has 0 unspecified atom stereocenters. The second kappa shape index (κ2) is 10.5. The first-order valence-corrected chi connectivity index (χ1v) is 13.9. The molecular weight excluding hydrogens is 726 g/mol. The van der Waals surface area contributed by atoms with Gasteiger partial charge in [-0.1, -0.05) is 36.4 Å². The largest absolute Gasteiger partial charge is 0.487 e. The van der Waals surface area contributed by atoms with Crippen molar-refractivity contribution in [2.24, 2.45) is 0 Å². The van der Waals surface area contributed by atoms with E-state index < -0.39 is 17.8 Å². The zero-order chi connectivity index (χ0) is 27.1. The molecule has 0 radical (unpaired) electrons. The summed E-state index contributed by atoms with van der Waals surface area (Å²) >= 11 is 4.34. The highest BCUT2D eigenvalue weighted by Crippen LogP contribution is 2.37. The molecule has 0 atom stereocenters. The second-order valence-electron chi connectivity index (χ2n) is 8.78. The number of nitrogens with one attached hydrogen (secondary N) is 1. The minimum atomic E-state index is -0.831. The standard InChI is InChI=1S/C29H18I2N2O6/c30-22-11-17(12-23(31)26(22)37-14-16-5-6-18-3-1-2-4-19(18)9-16)10-21-27(34)32-29(36)33(28(21)35)20-7-8-24-25(13-20)39-15-38-24/h1-13H,14-15H2,(H,32,34,36)/b21-10+. The Morgan fingerprint density at radius 3 is 2.41 bits per heavy atom. The van der Waals surface area contributed by atoms with Crippen molar-refractivity contribution in [3.63, 3.8) is 0 Å². The molecule has 4 aromatic carbocycles. The van der Waals surface area contributed by atoms with Crippen LogP contribution in [0.5, 0.6) is 17.2 Å². The maximum absolute atomic E-state index is 13.3. The summed E-state index contributed by atoms with van der Waals surface area (Å²) in [6.07, 6.45) is 1.47. The number of carbonyl (C=O) groups excluding carboxylic acids is 3. The Morgan fingerprint density at radius 1 is 0.872 bits per heavy atom. The number of hydrogen-bond donors (Lipinski definition) is 1. The quantitative estimate of drug-likeness (QED) is 0.153. The molecule has 4 aromatic rings. The Hall–Kier alpha value is -3.65. The van der Waals surface area contributed by atoms with Gasteiger partial charge in [-0.25, -0.2) is 9.69 Å². The molecule has 2 heterocycles. The Morgan fingerprint density at radius 2 is 1.62 bits per heavy atom. The number of nitrogens with zero attached hydrogens (tertiary/aromatic N) is 1. The SMILES string of the molecule is O=C1NC(=O)N(c2ccc3c(c2)OCO3)C(=O)/C1=C/c1cc(I)c(OCc2ccc3ccccc3c2)c(I)c1. The molecule has 194 valence electrons.